The van der Waals surface area contributed by atoms with E-state index < -0.39 is 23.6 Å². The molecule has 0 saturated heterocycles. The number of carboxylic acids is 1. The minimum absolute atomic E-state index is 0.00455. The summed E-state index contributed by atoms with van der Waals surface area (Å²) in [6.45, 7) is 0.00455. The first-order chi connectivity index (χ1) is 15.4. The number of aliphatic carboxylic acids is 1. The summed E-state index contributed by atoms with van der Waals surface area (Å²) in [6.07, 6.45) is 2.76. The number of carbonyl (C=O) groups is 1. The van der Waals surface area contributed by atoms with Gasteiger partial charge in [-0.2, -0.15) is 4.80 Å². The molecule has 164 valence electrons. The van der Waals surface area contributed by atoms with Gasteiger partial charge in [-0.3, -0.25) is 9.78 Å². The third kappa shape index (κ3) is 4.90. The van der Waals surface area contributed by atoms with Crippen molar-refractivity contribution in [3.05, 3.63) is 53.8 Å². The molecule has 3 heterocycles. The molecule has 0 unspecified atom stereocenters. The summed E-state index contributed by atoms with van der Waals surface area (Å²) in [7, 11) is 0. The number of rotatable bonds is 8. The molecule has 0 aliphatic rings. The van der Waals surface area contributed by atoms with Gasteiger partial charge in [0.25, 0.3) is 5.88 Å². The summed E-state index contributed by atoms with van der Waals surface area (Å²) in [5.41, 5.74) is 7.90. The first kappa shape index (κ1) is 21.4. The maximum atomic E-state index is 14.6. The van der Waals surface area contributed by atoms with Crippen LogP contribution in [0.2, 0.25) is 0 Å². The lowest BCUT2D eigenvalue weighted by molar-refractivity contribution is -0.137. The average molecular weight is 459 g/mol. The Balaban J connectivity index is 1.48. The molecule has 10 nitrogen and oxygen atoms in total. The van der Waals surface area contributed by atoms with E-state index in [1.165, 1.54) is 35.7 Å². The van der Waals surface area contributed by atoms with E-state index in [0.717, 1.165) is 15.7 Å². The maximum absolute atomic E-state index is 14.6. The van der Waals surface area contributed by atoms with Gasteiger partial charge < -0.3 is 15.6 Å². The highest BCUT2D eigenvalue weighted by molar-refractivity contribution is 7.13. The zero-order chi connectivity index (χ0) is 22.7. The molecule has 0 radical (unpaired) electrons. The van der Waals surface area contributed by atoms with Crippen molar-refractivity contribution in [2.75, 3.05) is 0 Å². The van der Waals surface area contributed by atoms with Gasteiger partial charge in [-0.1, -0.05) is 0 Å². The van der Waals surface area contributed by atoms with Crippen LogP contribution in [0.15, 0.2) is 42.2 Å². The molecule has 3 N–H and O–H groups in total. The second-order valence-corrected chi connectivity index (χ2v) is 7.53. The largest absolute Gasteiger partial charge is 0.481 e. The Kier molecular flexibility index (Phi) is 6.09. The normalized spacial score (nSPS) is 12.0. The van der Waals surface area contributed by atoms with Crippen molar-refractivity contribution < 1.29 is 23.4 Å². The van der Waals surface area contributed by atoms with Gasteiger partial charge in [0, 0.05) is 30.1 Å². The highest BCUT2D eigenvalue weighted by atomic mass is 32.1. The minimum atomic E-state index is -1.05. The van der Waals surface area contributed by atoms with Crippen LogP contribution in [0.4, 0.5) is 8.78 Å². The van der Waals surface area contributed by atoms with Crippen LogP contribution in [-0.4, -0.2) is 47.3 Å². The molecular formula is C19H15F2N7O3S. The molecule has 13 heteroatoms. The van der Waals surface area contributed by atoms with Crippen LogP contribution in [0.3, 0.4) is 0 Å². The lowest BCUT2D eigenvalue weighted by Gasteiger charge is -2.08. The van der Waals surface area contributed by atoms with E-state index >= 15 is 0 Å². The van der Waals surface area contributed by atoms with Gasteiger partial charge in [-0.25, -0.2) is 13.8 Å². The lowest BCUT2D eigenvalue weighted by atomic mass is 10.2. The fourth-order valence-corrected chi connectivity index (χ4v) is 3.38. The summed E-state index contributed by atoms with van der Waals surface area (Å²) >= 11 is 1.34. The Hall–Kier alpha value is -3.84. The summed E-state index contributed by atoms with van der Waals surface area (Å²) in [4.78, 5) is 20.4. The second kappa shape index (κ2) is 9.11. The van der Waals surface area contributed by atoms with Gasteiger partial charge in [0.05, 0.1) is 28.9 Å². The van der Waals surface area contributed by atoms with Gasteiger partial charge in [0.2, 0.25) is 5.82 Å². The average Bonchev–Trinajstić information content (AvgIpc) is 3.41. The van der Waals surface area contributed by atoms with Crippen LogP contribution in [0.1, 0.15) is 6.42 Å². The van der Waals surface area contributed by atoms with Gasteiger partial charge in [-0.05, 0) is 23.4 Å². The standard InChI is InChI=1S/C19H15F2N7O3S/c20-14-5-12(31-19-15(21)3-10(6-24-19)16-7-23-9-32-16)1-2-13(14)18-25-27-28(26-18)8-11(22)4-17(29)30/h1-3,5-7,9,11H,4,8,22H2,(H,29,30)/t11-/m0/s1. The van der Waals surface area contributed by atoms with Crippen molar-refractivity contribution in [1.29, 1.82) is 0 Å². The van der Waals surface area contributed by atoms with E-state index in [9.17, 15) is 13.6 Å². The zero-order valence-corrected chi connectivity index (χ0v) is 17.0. The first-order valence-corrected chi connectivity index (χ1v) is 10.0. The van der Waals surface area contributed by atoms with Crippen LogP contribution < -0.4 is 10.5 Å². The van der Waals surface area contributed by atoms with E-state index in [2.05, 4.69) is 25.4 Å². The molecule has 0 saturated carbocycles. The Morgan fingerprint density at radius 3 is 2.78 bits per heavy atom. The molecule has 1 atom stereocenters. The van der Waals surface area contributed by atoms with Gasteiger partial charge in [0.1, 0.15) is 11.6 Å². The summed E-state index contributed by atoms with van der Waals surface area (Å²) in [5.74, 6) is -2.78. The minimum Gasteiger partial charge on any atom is -0.481 e. The van der Waals surface area contributed by atoms with E-state index in [-0.39, 0.29) is 36.0 Å². The molecule has 3 aromatic heterocycles. The molecule has 0 aliphatic heterocycles. The molecular weight excluding hydrogens is 444 g/mol. The highest BCUT2D eigenvalue weighted by Gasteiger charge is 2.16. The van der Waals surface area contributed by atoms with Gasteiger partial charge in [0.15, 0.2) is 5.82 Å². The van der Waals surface area contributed by atoms with E-state index in [4.69, 9.17) is 15.6 Å². The number of pyridine rings is 1. The predicted octanol–water partition coefficient (Wildman–Crippen LogP) is 2.73. The van der Waals surface area contributed by atoms with Crippen LogP contribution in [-0.2, 0) is 11.3 Å². The number of halogens is 2. The number of ether oxygens (including phenoxy) is 1. The first-order valence-electron chi connectivity index (χ1n) is 9.16. The Morgan fingerprint density at radius 2 is 2.09 bits per heavy atom. The maximum Gasteiger partial charge on any atom is 0.304 e. The van der Waals surface area contributed by atoms with Crippen LogP contribution >= 0.6 is 11.3 Å². The summed E-state index contributed by atoms with van der Waals surface area (Å²) in [5, 5.41) is 20.3. The fourth-order valence-electron chi connectivity index (χ4n) is 2.77. The third-order valence-electron chi connectivity index (χ3n) is 4.21. The molecule has 0 fully saturated rings. The smallest absolute Gasteiger partial charge is 0.304 e. The highest BCUT2D eigenvalue weighted by Crippen LogP contribution is 2.30. The Labute approximate surface area is 183 Å². The number of nitrogens with two attached hydrogens (primary N) is 1. The third-order valence-corrected chi connectivity index (χ3v) is 5.03. The van der Waals surface area contributed by atoms with Crippen LogP contribution in [0.5, 0.6) is 11.6 Å². The van der Waals surface area contributed by atoms with Crippen molar-refractivity contribution in [1.82, 2.24) is 30.2 Å². The number of thiazole rings is 1. The number of hydrogen-bond acceptors (Lipinski definition) is 9. The summed E-state index contributed by atoms with van der Waals surface area (Å²) in [6, 6.07) is 4.35. The van der Waals surface area contributed by atoms with Gasteiger partial charge in [-0.15, -0.1) is 21.5 Å². The van der Waals surface area contributed by atoms with E-state index in [1.807, 2.05) is 0 Å². The van der Waals surface area contributed by atoms with E-state index in [1.54, 1.807) is 11.7 Å². The number of tetrazole rings is 1. The lowest BCUT2D eigenvalue weighted by Crippen LogP contribution is -2.30. The van der Waals surface area contributed by atoms with E-state index in [0.29, 0.717) is 5.56 Å². The number of hydrogen-bond donors (Lipinski definition) is 2. The van der Waals surface area contributed by atoms with Crippen LogP contribution in [0, 0.1) is 11.6 Å². The molecule has 0 aliphatic carbocycles. The fraction of sp³-hybridized carbons (Fsp3) is 0.158. The van der Waals surface area contributed by atoms with Crippen molar-refractivity contribution >= 4 is 17.3 Å². The molecule has 0 spiro atoms. The predicted molar refractivity (Wildman–Crippen MR) is 109 cm³/mol. The number of aromatic nitrogens is 6. The number of benzene rings is 1. The number of nitrogens with zero attached hydrogens (tertiary/aromatic N) is 6. The summed E-state index contributed by atoms with van der Waals surface area (Å²) < 4.78 is 34.4. The van der Waals surface area contributed by atoms with Crippen molar-refractivity contribution in [3.63, 3.8) is 0 Å². The molecule has 1 aromatic carbocycles. The Morgan fingerprint density at radius 1 is 1.25 bits per heavy atom. The quantitative estimate of drug-likeness (QED) is 0.407. The molecule has 0 amide bonds. The molecule has 0 bridgehead atoms. The van der Waals surface area contributed by atoms with Crippen molar-refractivity contribution in [2.45, 2.75) is 19.0 Å². The zero-order valence-electron chi connectivity index (χ0n) is 16.2. The molecule has 32 heavy (non-hydrogen) atoms. The Bertz CT molecular complexity index is 1250. The molecule has 4 aromatic rings. The topological polar surface area (TPSA) is 142 Å². The van der Waals surface area contributed by atoms with Crippen molar-refractivity contribution in [3.8, 4) is 33.5 Å². The SMILES string of the molecule is N[C@@H](CC(=O)O)Cn1nnc(-c2ccc(Oc3ncc(-c4cncs4)cc3F)cc2F)n1. The number of carboxylic acid groups (broad SMARTS) is 1. The monoisotopic (exact) mass is 459 g/mol. The van der Waals surface area contributed by atoms with Gasteiger partial charge >= 0.3 is 5.97 Å². The second-order valence-electron chi connectivity index (χ2n) is 6.65. The molecule has 4 rings (SSSR count). The van der Waals surface area contributed by atoms with Crippen molar-refractivity contribution in [2.24, 2.45) is 5.73 Å². The van der Waals surface area contributed by atoms with Crippen LogP contribution in [0.25, 0.3) is 21.8 Å².